The number of nitrogens with one attached hydrogen (secondary N) is 2. The number of carbonyl (C=O) groups is 2. The summed E-state index contributed by atoms with van der Waals surface area (Å²) in [6, 6.07) is 0.493. The lowest BCUT2D eigenvalue weighted by Crippen LogP contribution is -2.38. The quantitative estimate of drug-likeness (QED) is 0.333. The summed E-state index contributed by atoms with van der Waals surface area (Å²) in [7, 11) is 0. The average Bonchev–Trinajstić information content (AvgIpc) is 2.65. The lowest BCUT2D eigenvalue weighted by atomic mass is 9.97. The molecule has 0 saturated heterocycles. The fourth-order valence-corrected chi connectivity index (χ4v) is 3.27. The summed E-state index contributed by atoms with van der Waals surface area (Å²) >= 11 is 0. The maximum atomic E-state index is 11.8. The molecular formula is C22H44N2O2. The molecule has 4 heteroatoms. The van der Waals surface area contributed by atoms with Crippen molar-refractivity contribution in [3.05, 3.63) is 0 Å². The molecule has 0 saturated carbocycles. The molecule has 2 amide bonds. The van der Waals surface area contributed by atoms with E-state index >= 15 is 0 Å². The van der Waals surface area contributed by atoms with Gasteiger partial charge in [-0.3, -0.25) is 9.59 Å². The summed E-state index contributed by atoms with van der Waals surface area (Å²) in [4.78, 5) is 23.7. The molecule has 0 aliphatic rings. The second-order valence-corrected chi connectivity index (χ2v) is 7.51. The Morgan fingerprint density at radius 2 is 0.962 bits per heavy atom. The van der Waals surface area contributed by atoms with Crippen LogP contribution in [0.4, 0.5) is 0 Å². The van der Waals surface area contributed by atoms with Crippen LogP contribution < -0.4 is 10.6 Å². The molecule has 4 nitrogen and oxygen atoms in total. The van der Waals surface area contributed by atoms with Crippen molar-refractivity contribution in [2.45, 2.75) is 130 Å². The first-order chi connectivity index (χ1) is 12.6. The minimum Gasteiger partial charge on any atom is -0.353 e. The van der Waals surface area contributed by atoms with Crippen molar-refractivity contribution in [2.75, 3.05) is 0 Å². The highest BCUT2D eigenvalue weighted by Gasteiger charge is 2.16. The van der Waals surface area contributed by atoms with Gasteiger partial charge in [-0.2, -0.15) is 0 Å². The summed E-state index contributed by atoms with van der Waals surface area (Å²) in [5.74, 6) is 0.283. The largest absolute Gasteiger partial charge is 0.353 e. The smallest absolute Gasteiger partial charge is 0.219 e. The van der Waals surface area contributed by atoms with Crippen molar-refractivity contribution < 1.29 is 9.59 Å². The number of rotatable bonds is 17. The maximum absolute atomic E-state index is 11.8. The predicted molar refractivity (Wildman–Crippen MR) is 111 cm³/mol. The number of carbonyl (C=O) groups excluding carboxylic acids is 2. The molecule has 0 aromatic heterocycles. The van der Waals surface area contributed by atoms with Gasteiger partial charge < -0.3 is 10.6 Å². The predicted octanol–water partition coefficient (Wildman–Crippen LogP) is 5.50. The van der Waals surface area contributed by atoms with Crippen LogP contribution in [0.1, 0.15) is 118 Å². The monoisotopic (exact) mass is 368 g/mol. The van der Waals surface area contributed by atoms with E-state index in [4.69, 9.17) is 0 Å². The molecular weight excluding hydrogens is 324 g/mol. The van der Waals surface area contributed by atoms with Gasteiger partial charge in [-0.15, -0.1) is 0 Å². The minimum absolute atomic E-state index is 0.141. The Hall–Kier alpha value is -1.06. The van der Waals surface area contributed by atoms with Crippen LogP contribution in [0.25, 0.3) is 0 Å². The van der Waals surface area contributed by atoms with Gasteiger partial charge in [-0.25, -0.2) is 0 Å². The molecule has 154 valence electrons. The van der Waals surface area contributed by atoms with E-state index in [-0.39, 0.29) is 23.9 Å². The van der Waals surface area contributed by atoms with Gasteiger partial charge in [0.1, 0.15) is 0 Å². The van der Waals surface area contributed by atoms with E-state index in [1.54, 1.807) is 0 Å². The molecule has 0 aromatic carbocycles. The standard InChI is InChI=1S/C22H44N2O2/c1-5-9-11-13-15-19(23-21(25)7-3)17-18-20(24-22(26)8-4)16-14-12-10-6-2/h19-20H,5-18H2,1-4H3,(H,23,25)(H,24,26)/t19-,20-/m1/s1. The molecule has 0 aliphatic heterocycles. The molecule has 26 heavy (non-hydrogen) atoms. The van der Waals surface area contributed by atoms with Gasteiger partial charge in [0.05, 0.1) is 0 Å². The van der Waals surface area contributed by atoms with Gasteiger partial charge in [0.25, 0.3) is 0 Å². The van der Waals surface area contributed by atoms with Gasteiger partial charge >= 0.3 is 0 Å². The molecule has 0 radical (unpaired) electrons. The Morgan fingerprint density at radius 3 is 1.27 bits per heavy atom. The van der Waals surface area contributed by atoms with Crippen molar-refractivity contribution in [3.8, 4) is 0 Å². The highest BCUT2D eigenvalue weighted by molar-refractivity contribution is 5.76. The summed E-state index contributed by atoms with van der Waals surface area (Å²) in [6.07, 6.45) is 14.9. The van der Waals surface area contributed by atoms with Crippen molar-refractivity contribution in [2.24, 2.45) is 0 Å². The highest BCUT2D eigenvalue weighted by Crippen LogP contribution is 2.15. The van der Waals surface area contributed by atoms with E-state index < -0.39 is 0 Å². The second-order valence-electron chi connectivity index (χ2n) is 7.51. The third kappa shape index (κ3) is 14.1. The first-order valence-electron chi connectivity index (χ1n) is 11.2. The summed E-state index contributed by atoms with van der Waals surface area (Å²) < 4.78 is 0. The molecule has 2 atom stereocenters. The van der Waals surface area contributed by atoms with Crippen LogP contribution in [0.15, 0.2) is 0 Å². The van der Waals surface area contributed by atoms with E-state index in [0.29, 0.717) is 12.8 Å². The molecule has 0 spiro atoms. The van der Waals surface area contributed by atoms with Crippen molar-refractivity contribution in [3.63, 3.8) is 0 Å². The Labute approximate surface area is 162 Å². The Balaban J connectivity index is 4.50. The normalized spacial score (nSPS) is 13.2. The zero-order valence-corrected chi connectivity index (χ0v) is 17.9. The molecule has 0 bridgehead atoms. The highest BCUT2D eigenvalue weighted by atomic mass is 16.2. The number of hydrogen-bond donors (Lipinski definition) is 2. The topological polar surface area (TPSA) is 58.2 Å². The summed E-state index contributed by atoms with van der Waals surface area (Å²) in [6.45, 7) is 8.24. The molecule has 0 fully saturated rings. The number of unbranched alkanes of at least 4 members (excludes halogenated alkanes) is 6. The van der Waals surface area contributed by atoms with Crippen LogP contribution in [0, 0.1) is 0 Å². The Kier molecular flexibility index (Phi) is 16.7. The van der Waals surface area contributed by atoms with E-state index in [0.717, 1.165) is 25.7 Å². The fraction of sp³-hybridized carbons (Fsp3) is 0.909. The van der Waals surface area contributed by atoms with E-state index in [2.05, 4.69) is 24.5 Å². The zero-order valence-electron chi connectivity index (χ0n) is 17.9. The van der Waals surface area contributed by atoms with Crippen LogP contribution >= 0.6 is 0 Å². The van der Waals surface area contributed by atoms with Gasteiger partial charge in [-0.05, 0) is 25.7 Å². The molecule has 0 heterocycles. The Morgan fingerprint density at radius 1 is 0.577 bits per heavy atom. The Bertz CT molecular complexity index is 324. The average molecular weight is 369 g/mol. The SMILES string of the molecule is CCCCCC[C@H](CC[C@@H](CCCCCC)NC(=O)CC)NC(=O)CC. The lowest BCUT2D eigenvalue weighted by Gasteiger charge is -2.23. The van der Waals surface area contributed by atoms with E-state index in [1.807, 2.05) is 13.8 Å². The van der Waals surface area contributed by atoms with Gasteiger partial charge in [0.15, 0.2) is 0 Å². The summed E-state index contributed by atoms with van der Waals surface area (Å²) in [5, 5.41) is 6.38. The van der Waals surface area contributed by atoms with E-state index in [1.165, 1.54) is 51.4 Å². The first-order valence-corrected chi connectivity index (χ1v) is 11.2. The van der Waals surface area contributed by atoms with Crippen molar-refractivity contribution in [1.29, 1.82) is 0 Å². The van der Waals surface area contributed by atoms with Crippen LogP contribution in [0.5, 0.6) is 0 Å². The van der Waals surface area contributed by atoms with Crippen LogP contribution in [0.2, 0.25) is 0 Å². The van der Waals surface area contributed by atoms with Gasteiger partial charge in [0.2, 0.25) is 11.8 Å². The summed E-state index contributed by atoms with van der Waals surface area (Å²) in [5.41, 5.74) is 0. The minimum atomic E-state index is 0.141. The third-order valence-electron chi connectivity index (χ3n) is 5.05. The number of amides is 2. The van der Waals surface area contributed by atoms with Crippen LogP contribution in [-0.4, -0.2) is 23.9 Å². The van der Waals surface area contributed by atoms with Crippen LogP contribution in [-0.2, 0) is 9.59 Å². The molecule has 0 unspecified atom stereocenters. The molecule has 0 aliphatic carbocycles. The van der Waals surface area contributed by atoms with E-state index in [9.17, 15) is 9.59 Å². The number of hydrogen-bond acceptors (Lipinski definition) is 2. The maximum Gasteiger partial charge on any atom is 0.219 e. The molecule has 0 aromatic rings. The molecule has 2 N–H and O–H groups in total. The van der Waals surface area contributed by atoms with Crippen LogP contribution in [0.3, 0.4) is 0 Å². The van der Waals surface area contributed by atoms with Crippen molar-refractivity contribution in [1.82, 2.24) is 10.6 Å². The van der Waals surface area contributed by atoms with Gasteiger partial charge in [0, 0.05) is 24.9 Å². The fourth-order valence-electron chi connectivity index (χ4n) is 3.27. The van der Waals surface area contributed by atoms with Crippen molar-refractivity contribution >= 4 is 11.8 Å². The van der Waals surface area contributed by atoms with Gasteiger partial charge in [-0.1, -0.05) is 79.1 Å². The lowest BCUT2D eigenvalue weighted by molar-refractivity contribution is -0.122. The molecule has 0 rings (SSSR count). The second kappa shape index (κ2) is 17.4. The third-order valence-corrected chi connectivity index (χ3v) is 5.05. The zero-order chi connectivity index (χ0) is 19.6. The first kappa shape index (κ1) is 24.9.